The largest absolute Gasteiger partial charge is 0.334 e. The second kappa shape index (κ2) is 13.5. The number of aromatic nitrogens is 1. The molecule has 0 spiro atoms. The predicted molar refractivity (Wildman–Crippen MR) is 241 cm³/mol. The minimum absolute atomic E-state index is 0.385. The van der Waals surface area contributed by atoms with Crippen molar-refractivity contribution in [3.63, 3.8) is 0 Å². The molecule has 0 unspecified atom stereocenters. The third-order valence-corrected chi connectivity index (χ3v) is 11.6. The fourth-order valence-electron chi connectivity index (χ4n) is 9.00. The van der Waals surface area contributed by atoms with Crippen molar-refractivity contribution in [3.8, 4) is 33.4 Å². The summed E-state index contributed by atoms with van der Waals surface area (Å²) in [6.07, 6.45) is 6.41. The molecule has 0 aliphatic carbocycles. The Labute approximate surface area is 327 Å². The normalized spacial score (nSPS) is 12.6. The summed E-state index contributed by atoms with van der Waals surface area (Å²) in [5, 5.41) is 8.49. The van der Waals surface area contributed by atoms with Crippen molar-refractivity contribution in [1.29, 1.82) is 0 Å². The first-order chi connectivity index (χ1) is 27.5. The highest BCUT2D eigenvalue weighted by Gasteiger charge is 2.29. The van der Waals surface area contributed by atoms with Crippen molar-refractivity contribution >= 4 is 73.1 Å². The Morgan fingerprint density at radius 3 is 1.95 bits per heavy atom. The van der Waals surface area contributed by atoms with Crippen LogP contribution in [0.25, 0.3) is 82.7 Å². The fourth-order valence-corrected chi connectivity index (χ4v) is 9.00. The van der Waals surface area contributed by atoms with E-state index in [1.54, 1.807) is 0 Å². The lowest BCUT2D eigenvalue weighted by Crippen LogP contribution is -2.23. The molecule has 3 heteroatoms. The lowest BCUT2D eigenvalue weighted by Gasteiger charge is -2.36. The first kappa shape index (κ1) is 33.7. The van der Waals surface area contributed by atoms with E-state index in [1.165, 1.54) is 71.3 Å². The van der Waals surface area contributed by atoms with Crippen LogP contribution >= 0.6 is 0 Å². The monoisotopic (exact) mass is 719 g/mol. The van der Waals surface area contributed by atoms with E-state index in [1.807, 2.05) is 12.3 Å². The number of aryl methyl sites for hydroxylation is 1. The van der Waals surface area contributed by atoms with E-state index in [-0.39, 0.29) is 0 Å². The highest BCUT2D eigenvalue weighted by atomic mass is 15.2. The Balaban J connectivity index is 1.24. The summed E-state index contributed by atoms with van der Waals surface area (Å²) < 4.78 is 0. The molecular formula is C53H41N3. The van der Waals surface area contributed by atoms with Gasteiger partial charge in [-0.2, -0.15) is 0 Å². The van der Waals surface area contributed by atoms with Crippen molar-refractivity contribution in [3.05, 3.63) is 175 Å². The third-order valence-electron chi connectivity index (χ3n) is 11.6. The van der Waals surface area contributed by atoms with Crippen molar-refractivity contribution in [1.82, 2.24) is 4.98 Å². The number of allylic oxidation sites excluding steroid dienone is 1. The van der Waals surface area contributed by atoms with Crippen LogP contribution in [0.15, 0.2) is 163 Å². The van der Waals surface area contributed by atoms with Gasteiger partial charge in [0.15, 0.2) is 0 Å². The van der Waals surface area contributed by atoms with E-state index in [9.17, 15) is 0 Å². The van der Waals surface area contributed by atoms with E-state index in [2.05, 4.69) is 184 Å². The smallest absolute Gasteiger partial charge is 0.0959 e. The van der Waals surface area contributed by atoms with Gasteiger partial charge >= 0.3 is 0 Å². The third kappa shape index (κ3) is 5.34. The Morgan fingerprint density at radius 2 is 1.25 bits per heavy atom. The maximum atomic E-state index is 4.84. The molecule has 0 N–H and O–H groups in total. The molecule has 8 aromatic carbocycles. The number of aliphatic imine (C=N–C) groups is 1. The van der Waals surface area contributed by atoms with Crippen LogP contribution < -0.4 is 4.90 Å². The van der Waals surface area contributed by atoms with Crippen LogP contribution in [-0.4, -0.2) is 11.7 Å². The number of fused-ring (bicyclic) bond motifs is 7. The van der Waals surface area contributed by atoms with Crippen molar-refractivity contribution < 1.29 is 0 Å². The molecule has 0 fully saturated rings. The van der Waals surface area contributed by atoms with E-state index < -0.39 is 0 Å². The van der Waals surface area contributed by atoms with Gasteiger partial charge < -0.3 is 4.90 Å². The summed E-state index contributed by atoms with van der Waals surface area (Å²) in [6.45, 7) is 11.5. The summed E-state index contributed by atoms with van der Waals surface area (Å²) in [5.74, 6) is 0.385. The molecule has 1 aromatic heterocycles. The summed E-state index contributed by atoms with van der Waals surface area (Å²) >= 11 is 0. The molecule has 3 nitrogen and oxygen atoms in total. The maximum absolute atomic E-state index is 4.84. The van der Waals surface area contributed by atoms with Gasteiger partial charge in [-0.15, -0.1) is 0 Å². The standard InChI is InChI=1S/C53H41N3/c1-33(2)23-27-40-34(3)51-46(22-13-29-55-51)52(54-4)53(40)56-32-39-16-7-8-17-41(39)47-31-38(26-28-48(47)56)50-44-20-11-9-18-42(44)49(43-19-10-12-21-45(43)50)37-25-24-35-14-5-6-15-36(35)30-37/h5-31,33H,4,32H2,1-3H3/b27-23-. The molecule has 0 amide bonds. The second-order valence-corrected chi connectivity index (χ2v) is 15.3. The molecule has 2 heterocycles. The van der Waals surface area contributed by atoms with E-state index in [4.69, 9.17) is 9.98 Å². The summed E-state index contributed by atoms with van der Waals surface area (Å²) in [7, 11) is 0. The first-order valence-electron chi connectivity index (χ1n) is 19.5. The quantitative estimate of drug-likeness (QED) is 0.126. The van der Waals surface area contributed by atoms with Gasteiger partial charge in [0.05, 0.1) is 16.9 Å². The lowest BCUT2D eigenvalue weighted by atomic mass is 9.84. The van der Waals surface area contributed by atoms with Crippen LogP contribution in [0, 0.1) is 12.8 Å². The van der Waals surface area contributed by atoms with Gasteiger partial charge in [-0.3, -0.25) is 9.98 Å². The highest BCUT2D eigenvalue weighted by molar-refractivity contribution is 6.22. The number of rotatable bonds is 6. The summed E-state index contributed by atoms with van der Waals surface area (Å²) in [5.41, 5.74) is 15.0. The molecule has 0 saturated carbocycles. The van der Waals surface area contributed by atoms with Gasteiger partial charge in [0.2, 0.25) is 0 Å². The number of anilines is 2. The fraction of sp³-hybridized carbons (Fsp3) is 0.0943. The van der Waals surface area contributed by atoms with Crippen LogP contribution in [0.1, 0.15) is 30.5 Å². The zero-order valence-corrected chi connectivity index (χ0v) is 31.9. The average Bonchev–Trinajstić information content (AvgIpc) is 3.24. The summed E-state index contributed by atoms with van der Waals surface area (Å²) in [4.78, 5) is 12.0. The van der Waals surface area contributed by atoms with E-state index in [0.29, 0.717) is 12.5 Å². The molecular weight excluding hydrogens is 679 g/mol. The topological polar surface area (TPSA) is 28.5 Å². The Kier molecular flexibility index (Phi) is 8.11. The van der Waals surface area contributed by atoms with Crippen LogP contribution in [0.2, 0.25) is 0 Å². The van der Waals surface area contributed by atoms with Gasteiger partial charge in [-0.05, 0) is 121 Å². The number of hydrogen-bond acceptors (Lipinski definition) is 3. The number of hydrogen-bond donors (Lipinski definition) is 0. The van der Waals surface area contributed by atoms with Crippen molar-refractivity contribution in [2.75, 3.05) is 4.90 Å². The minimum Gasteiger partial charge on any atom is -0.334 e. The van der Waals surface area contributed by atoms with Gasteiger partial charge in [0.25, 0.3) is 0 Å². The van der Waals surface area contributed by atoms with Crippen LogP contribution in [0.5, 0.6) is 0 Å². The van der Waals surface area contributed by atoms with Crippen molar-refractivity contribution in [2.45, 2.75) is 27.3 Å². The van der Waals surface area contributed by atoms with Crippen LogP contribution in [0.4, 0.5) is 17.1 Å². The van der Waals surface area contributed by atoms with E-state index in [0.717, 1.165) is 39.1 Å². The molecule has 9 aromatic rings. The van der Waals surface area contributed by atoms with Crippen LogP contribution in [0.3, 0.4) is 0 Å². The average molecular weight is 720 g/mol. The Bertz CT molecular complexity index is 3020. The highest BCUT2D eigenvalue weighted by Crippen LogP contribution is 2.52. The lowest BCUT2D eigenvalue weighted by molar-refractivity contribution is 0.836. The molecule has 0 bridgehead atoms. The van der Waals surface area contributed by atoms with Gasteiger partial charge in [-0.25, -0.2) is 0 Å². The molecule has 56 heavy (non-hydrogen) atoms. The Morgan fingerprint density at radius 1 is 0.643 bits per heavy atom. The molecule has 0 atom stereocenters. The molecule has 0 saturated heterocycles. The molecule has 1 aliphatic heterocycles. The Hall–Kier alpha value is -6.84. The van der Waals surface area contributed by atoms with Gasteiger partial charge in [0, 0.05) is 34.9 Å². The molecule has 10 rings (SSSR count). The molecule has 0 radical (unpaired) electrons. The first-order valence-corrected chi connectivity index (χ1v) is 19.5. The number of pyridine rings is 1. The van der Waals surface area contributed by atoms with Gasteiger partial charge in [-0.1, -0.05) is 141 Å². The molecule has 268 valence electrons. The minimum atomic E-state index is 0.385. The molecule has 1 aliphatic rings. The number of benzene rings is 8. The van der Waals surface area contributed by atoms with E-state index >= 15 is 0 Å². The van der Waals surface area contributed by atoms with Crippen LogP contribution in [-0.2, 0) is 6.54 Å². The maximum Gasteiger partial charge on any atom is 0.0959 e. The SMILES string of the molecule is C=Nc1c(N2Cc3ccccc3-c3cc(-c4c5ccccc5c(-c5ccc6ccccc6c5)c5ccccc45)ccc32)c(/C=C\C(C)C)c(C)c2ncccc12. The number of nitrogens with zero attached hydrogens (tertiary/aromatic N) is 3. The zero-order chi connectivity index (χ0) is 37.9. The second-order valence-electron chi connectivity index (χ2n) is 15.3. The van der Waals surface area contributed by atoms with Gasteiger partial charge in [0.1, 0.15) is 0 Å². The summed E-state index contributed by atoms with van der Waals surface area (Å²) in [6, 6.07) is 53.4. The van der Waals surface area contributed by atoms with Crippen molar-refractivity contribution in [2.24, 2.45) is 10.9 Å². The predicted octanol–water partition coefficient (Wildman–Crippen LogP) is 14.7. The zero-order valence-electron chi connectivity index (χ0n) is 31.9.